The minimum absolute atomic E-state index is 0.00436. The SMILES string of the molecule is CN(C)C/C=C/C(=O)Nc1cc2c(Nc3ccc(F)c(Cl)c3)ncnc2cc1O[C@H]1CCOC1.O=C(O)CC(O)(CC(=O)O)C(=O)O. The fourth-order valence-electron chi connectivity index (χ4n) is 4.13. The summed E-state index contributed by atoms with van der Waals surface area (Å²) in [5, 5.41) is 40.5. The van der Waals surface area contributed by atoms with Gasteiger partial charge in [0.15, 0.2) is 5.60 Å². The number of carboxylic acid groups (broad SMARTS) is 3. The molecule has 252 valence electrons. The zero-order valence-electron chi connectivity index (χ0n) is 25.3. The van der Waals surface area contributed by atoms with Crippen molar-refractivity contribution in [2.75, 3.05) is 44.5 Å². The number of benzene rings is 2. The van der Waals surface area contributed by atoms with Crippen LogP contribution in [0.25, 0.3) is 10.9 Å². The van der Waals surface area contributed by atoms with E-state index in [1.54, 1.807) is 24.3 Å². The number of rotatable bonds is 13. The van der Waals surface area contributed by atoms with E-state index >= 15 is 0 Å². The third kappa shape index (κ3) is 11.1. The van der Waals surface area contributed by atoms with Gasteiger partial charge in [0.1, 0.15) is 29.8 Å². The van der Waals surface area contributed by atoms with Crippen LogP contribution in [0.4, 0.5) is 21.6 Å². The number of aliphatic hydroxyl groups is 1. The molecular formula is C30H33ClFN5O10. The van der Waals surface area contributed by atoms with E-state index in [2.05, 4.69) is 20.6 Å². The lowest BCUT2D eigenvalue weighted by Gasteiger charge is -2.18. The summed E-state index contributed by atoms with van der Waals surface area (Å²) in [5.74, 6) is -4.85. The number of nitrogens with one attached hydrogen (secondary N) is 2. The molecule has 1 aliphatic heterocycles. The molecule has 2 heterocycles. The molecular weight excluding hydrogens is 645 g/mol. The van der Waals surface area contributed by atoms with E-state index in [-0.39, 0.29) is 17.0 Å². The largest absolute Gasteiger partial charge is 0.486 e. The molecule has 0 unspecified atom stereocenters. The summed E-state index contributed by atoms with van der Waals surface area (Å²) in [5.41, 5.74) is -1.08. The maximum atomic E-state index is 13.6. The summed E-state index contributed by atoms with van der Waals surface area (Å²) < 4.78 is 25.1. The molecule has 0 spiro atoms. The average molecular weight is 678 g/mol. The fraction of sp³-hybridized carbons (Fsp3) is 0.333. The molecule has 3 aromatic rings. The Morgan fingerprint density at radius 1 is 1.13 bits per heavy atom. The first-order valence-electron chi connectivity index (χ1n) is 13.9. The van der Waals surface area contributed by atoms with E-state index in [1.165, 1.54) is 24.5 Å². The standard InChI is InChI=1S/C24H25ClFN5O3.C6H8O7/c1-31(2)8-3-4-23(32)30-21-11-17-20(12-22(21)34-16-7-9-33-13-16)27-14-28-24(17)29-15-5-6-19(26)18(25)10-15;7-3(8)1-6(13,5(11)12)2-4(9)10/h3-6,10-12,14,16H,7-9,13H2,1-2H3,(H,30,32)(H,27,28,29);13H,1-2H2,(H,7,8)(H,9,10)(H,11,12)/b4-3+;/t16-;/m0./s1. The normalized spacial score (nSPS) is 14.5. The molecule has 0 radical (unpaired) electrons. The first-order valence-corrected chi connectivity index (χ1v) is 14.3. The Morgan fingerprint density at radius 2 is 1.83 bits per heavy atom. The molecule has 0 aliphatic carbocycles. The molecule has 1 aromatic heterocycles. The van der Waals surface area contributed by atoms with Crippen LogP contribution >= 0.6 is 11.6 Å². The lowest BCUT2D eigenvalue weighted by molar-refractivity contribution is -0.170. The number of carboxylic acids is 3. The summed E-state index contributed by atoms with van der Waals surface area (Å²) in [6, 6.07) is 7.82. The van der Waals surface area contributed by atoms with Crippen LogP contribution in [0.1, 0.15) is 19.3 Å². The maximum absolute atomic E-state index is 13.6. The smallest absolute Gasteiger partial charge is 0.336 e. The Bertz CT molecular complexity index is 1630. The lowest BCUT2D eigenvalue weighted by atomic mass is 9.96. The quantitative estimate of drug-likeness (QED) is 0.143. The van der Waals surface area contributed by atoms with Crippen LogP contribution in [0.15, 0.2) is 48.8 Å². The first-order chi connectivity index (χ1) is 22.2. The summed E-state index contributed by atoms with van der Waals surface area (Å²) >= 11 is 5.91. The van der Waals surface area contributed by atoms with Gasteiger partial charge in [0.2, 0.25) is 5.91 Å². The highest BCUT2D eigenvalue weighted by Gasteiger charge is 2.40. The van der Waals surface area contributed by atoms with Gasteiger partial charge in [0, 0.05) is 36.2 Å². The summed E-state index contributed by atoms with van der Waals surface area (Å²) in [6.45, 7) is 1.75. The molecule has 1 aliphatic rings. The number of carbonyl (C=O) groups is 4. The molecule has 6 N–H and O–H groups in total. The summed E-state index contributed by atoms with van der Waals surface area (Å²) in [6.07, 6.45) is 3.03. The van der Waals surface area contributed by atoms with Gasteiger partial charge in [-0.1, -0.05) is 17.7 Å². The Morgan fingerprint density at radius 3 is 2.40 bits per heavy atom. The number of amides is 1. The number of fused-ring (bicyclic) bond motifs is 1. The zero-order chi connectivity index (χ0) is 34.7. The van der Waals surface area contributed by atoms with Gasteiger partial charge in [0.25, 0.3) is 0 Å². The fourth-order valence-corrected chi connectivity index (χ4v) is 4.31. The van der Waals surface area contributed by atoms with Crippen molar-refractivity contribution in [1.82, 2.24) is 14.9 Å². The molecule has 0 bridgehead atoms. The first kappa shape index (κ1) is 36.6. The molecule has 1 saturated heterocycles. The highest BCUT2D eigenvalue weighted by atomic mass is 35.5. The van der Waals surface area contributed by atoms with Crippen molar-refractivity contribution >= 4 is 63.5 Å². The Labute approximate surface area is 272 Å². The van der Waals surface area contributed by atoms with Crippen LogP contribution in [0.5, 0.6) is 5.75 Å². The second kappa shape index (κ2) is 16.6. The number of halogens is 2. The molecule has 17 heteroatoms. The number of likely N-dealkylation sites (N-methyl/N-ethyl adjacent to an activating group) is 1. The lowest BCUT2D eigenvalue weighted by Crippen LogP contribution is -2.42. The highest BCUT2D eigenvalue weighted by molar-refractivity contribution is 6.31. The predicted octanol–water partition coefficient (Wildman–Crippen LogP) is 3.14. The molecule has 1 amide bonds. The molecule has 4 rings (SSSR count). The maximum Gasteiger partial charge on any atom is 0.336 e. The van der Waals surface area contributed by atoms with Gasteiger partial charge in [-0.25, -0.2) is 19.2 Å². The Balaban J connectivity index is 0.000000392. The van der Waals surface area contributed by atoms with Gasteiger partial charge in [-0.05, 0) is 38.4 Å². The second-order valence-corrected chi connectivity index (χ2v) is 11.0. The van der Waals surface area contributed by atoms with Gasteiger partial charge in [-0.2, -0.15) is 0 Å². The topological polar surface area (TPSA) is 221 Å². The van der Waals surface area contributed by atoms with Gasteiger partial charge in [0.05, 0.1) is 42.3 Å². The Hall–Kier alpha value is -4.90. The highest BCUT2D eigenvalue weighted by Crippen LogP contribution is 2.35. The number of aliphatic carboxylic acids is 3. The van der Waals surface area contributed by atoms with E-state index in [1.807, 2.05) is 19.0 Å². The molecule has 0 saturated carbocycles. The van der Waals surface area contributed by atoms with Crippen molar-refractivity contribution in [2.45, 2.75) is 31.0 Å². The van der Waals surface area contributed by atoms with Crippen molar-refractivity contribution in [3.05, 3.63) is 59.7 Å². The van der Waals surface area contributed by atoms with Crippen LogP contribution < -0.4 is 15.4 Å². The van der Waals surface area contributed by atoms with Gasteiger partial charge >= 0.3 is 17.9 Å². The van der Waals surface area contributed by atoms with Crippen molar-refractivity contribution < 1.29 is 53.5 Å². The number of aromatic nitrogens is 2. The third-order valence-electron chi connectivity index (χ3n) is 6.38. The predicted molar refractivity (Wildman–Crippen MR) is 167 cm³/mol. The van der Waals surface area contributed by atoms with Crippen molar-refractivity contribution in [1.29, 1.82) is 0 Å². The minimum Gasteiger partial charge on any atom is -0.486 e. The summed E-state index contributed by atoms with van der Waals surface area (Å²) in [4.78, 5) is 53.7. The second-order valence-electron chi connectivity index (χ2n) is 10.6. The Kier molecular flexibility index (Phi) is 12.9. The number of hydrogen-bond donors (Lipinski definition) is 6. The van der Waals surface area contributed by atoms with Crippen LogP contribution in [-0.2, 0) is 23.9 Å². The number of nitrogens with zero attached hydrogens (tertiary/aromatic N) is 3. The van der Waals surface area contributed by atoms with E-state index in [0.29, 0.717) is 53.6 Å². The number of hydrogen-bond acceptors (Lipinski definition) is 11. The van der Waals surface area contributed by atoms with Crippen LogP contribution in [-0.4, -0.2) is 105 Å². The van der Waals surface area contributed by atoms with Crippen molar-refractivity contribution in [2.24, 2.45) is 0 Å². The molecule has 2 aromatic carbocycles. The molecule has 15 nitrogen and oxygen atoms in total. The van der Waals surface area contributed by atoms with Gasteiger partial charge < -0.3 is 45.4 Å². The van der Waals surface area contributed by atoms with Crippen molar-refractivity contribution in [3.8, 4) is 5.75 Å². The minimum atomic E-state index is -2.74. The van der Waals surface area contributed by atoms with E-state index in [9.17, 15) is 23.6 Å². The van der Waals surface area contributed by atoms with E-state index < -0.39 is 42.2 Å². The van der Waals surface area contributed by atoms with Crippen LogP contribution in [0, 0.1) is 5.82 Å². The molecule has 1 fully saturated rings. The van der Waals surface area contributed by atoms with Crippen LogP contribution in [0.3, 0.4) is 0 Å². The number of ether oxygens (including phenoxy) is 2. The molecule has 1 atom stereocenters. The molecule has 47 heavy (non-hydrogen) atoms. The average Bonchev–Trinajstić information content (AvgIpc) is 3.48. The van der Waals surface area contributed by atoms with Crippen molar-refractivity contribution in [3.63, 3.8) is 0 Å². The number of carbonyl (C=O) groups excluding carboxylic acids is 1. The van der Waals surface area contributed by atoms with E-state index in [4.69, 9.17) is 41.5 Å². The monoisotopic (exact) mass is 677 g/mol. The van der Waals surface area contributed by atoms with E-state index in [0.717, 1.165) is 6.42 Å². The third-order valence-corrected chi connectivity index (χ3v) is 6.67. The van der Waals surface area contributed by atoms with Crippen LogP contribution in [0.2, 0.25) is 5.02 Å². The van der Waals surface area contributed by atoms with Gasteiger partial charge in [-0.3, -0.25) is 14.4 Å². The number of anilines is 3. The zero-order valence-corrected chi connectivity index (χ0v) is 26.0. The summed E-state index contributed by atoms with van der Waals surface area (Å²) in [7, 11) is 3.84. The van der Waals surface area contributed by atoms with Gasteiger partial charge in [-0.15, -0.1) is 0 Å².